The lowest BCUT2D eigenvalue weighted by Gasteiger charge is -1.93. The van der Waals surface area contributed by atoms with Crippen molar-refractivity contribution in [3.63, 3.8) is 0 Å². The van der Waals surface area contributed by atoms with E-state index in [0.29, 0.717) is 11.3 Å². The van der Waals surface area contributed by atoms with Gasteiger partial charge in [-0.05, 0) is 24.3 Å². The van der Waals surface area contributed by atoms with Crippen molar-refractivity contribution in [3.05, 3.63) is 43.0 Å². The summed E-state index contributed by atoms with van der Waals surface area (Å²) in [6, 6.07) is 8.66. The molecule has 0 aliphatic rings. The van der Waals surface area contributed by atoms with E-state index >= 15 is 0 Å². The van der Waals surface area contributed by atoms with Gasteiger partial charge >= 0.3 is 0 Å². The van der Waals surface area contributed by atoms with Crippen LogP contribution >= 0.6 is 0 Å². The van der Waals surface area contributed by atoms with Crippen LogP contribution in [0.2, 0.25) is 0 Å². The van der Waals surface area contributed by atoms with Crippen LogP contribution in [-0.2, 0) is 0 Å². The van der Waals surface area contributed by atoms with E-state index < -0.39 is 0 Å². The highest BCUT2D eigenvalue weighted by atomic mass is 15.0. The summed E-state index contributed by atoms with van der Waals surface area (Å²) in [5, 5.41) is 8.48. The Morgan fingerprint density at radius 2 is 1.71 bits per heavy atom. The third-order valence-electron chi connectivity index (χ3n) is 1.25. The van der Waals surface area contributed by atoms with Crippen molar-refractivity contribution in [2.24, 2.45) is 16.5 Å². The zero-order valence-electron chi connectivity index (χ0n) is 7.77. The molecule has 0 heterocycles. The van der Waals surface area contributed by atoms with Crippen LogP contribution in [0, 0.1) is 11.3 Å². The topological polar surface area (TPSA) is 88.2 Å². The first kappa shape index (κ1) is 11.7. The van der Waals surface area contributed by atoms with Crippen LogP contribution in [0.5, 0.6) is 0 Å². The van der Waals surface area contributed by atoms with Gasteiger partial charge < -0.3 is 11.5 Å². The van der Waals surface area contributed by atoms with E-state index in [1.54, 1.807) is 24.3 Å². The summed E-state index contributed by atoms with van der Waals surface area (Å²) >= 11 is 0. The molecule has 0 radical (unpaired) electrons. The highest BCUT2D eigenvalue weighted by Crippen LogP contribution is 2.11. The van der Waals surface area contributed by atoms with Crippen molar-refractivity contribution in [1.82, 2.24) is 0 Å². The van der Waals surface area contributed by atoms with E-state index in [-0.39, 0.29) is 5.96 Å². The average molecular weight is 188 g/mol. The highest BCUT2D eigenvalue weighted by molar-refractivity contribution is 5.78. The molecule has 4 nitrogen and oxygen atoms in total. The van der Waals surface area contributed by atoms with Crippen LogP contribution in [0.4, 0.5) is 5.69 Å². The molecule has 0 atom stereocenters. The summed E-state index contributed by atoms with van der Waals surface area (Å²) in [6.07, 6.45) is 0. The molecule has 0 saturated heterocycles. The Labute approximate surface area is 83.2 Å². The molecule has 1 aromatic carbocycles. The van der Waals surface area contributed by atoms with Crippen LogP contribution in [0.15, 0.2) is 42.4 Å². The summed E-state index contributed by atoms with van der Waals surface area (Å²) in [4.78, 5) is 3.80. The number of rotatable bonds is 1. The van der Waals surface area contributed by atoms with Gasteiger partial charge in [0.25, 0.3) is 0 Å². The lowest BCUT2D eigenvalue weighted by atomic mass is 10.2. The summed E-state index contributed by atoms with van der Waals surface area (Å²) in [6.45, 7) is 6.00. The van der Waals surface area contributed by atoms with Gasteiger partial charge in [-0.1, -0.05) is 0 Å². The van der Waals surface area contributed by atoms with Gasteiger partial charge in [-0.3, -0.25) is 0 Å². The lowest BCUT2D eigenvalue weighted by molar-refractivity contribution is 1.41. The number of hydrogen-bond donors (Lipinski definition) is 2. The second-order valence-corrected chi connectivity index (χ2v) is 2.20. The van der Waals surface area contributed by atoms with Crippen molar-refractivity contribution in [2.45, 2.75) is 0 Å². The first-order valence-corrected chi connectivity index (χ1v) is 3.82. The molecule has 4 heteroatoms. The molecule has 0 aromatic heterocycles. The molecule has 0 fully saturated rings. The first-order valence-electron chi connectivity index (χ1n) is 3.82. The van der Waals surface area contributed by atoms with Gasteiger partial charge in [0.05, 0.1) is 17.3 Å². The van der Waals surface area contributed by atoms with Crippen molar-refractivity contribution in [2.75, 3.05) is 0 Å². The van der Waals surface area contributed by atoms with Crippen LogP contribution in [0.3, 0.4) is 0 Å². The maximum Gasteiger partial charge on any atom is 0.191 e. The van der Waals surface area contributed by atoms with Crippen LogP contribution < -0.4 is 11.5 Å². The smallest absolute Gasteiger partial charge is 0.191 e. The number of benzene rings is 1. The molecule has 0 amide bonds. The summed E-state index contributed by atoms with van der Waals surface area (Å²) in [7, 11) is 0. The average Bonchev–Trinajstić information content (AvgIpc) is 2.21. The standard InChI is InChI=1S/C8H8N4.C2H4/c9-5-6-1-3-7(4-2-6)12-8(10)11;1-2/h1-4H,(H4,10,11,12);1-2H2. The molecule has 72 valence electrons. The van der Waals surface area contributed by atoms with Gasteiger partial charge in [0, 0.05) is 0 Å². The molecular formula is C10H12N4. The number of nitrogens with two attached hydrogens (primary N) is 2. The summed E-state index contributed by atoms with van der Waals surface area (Å²) in [5.41, 5.74) is 11.6. The third-order valence-corrected chi connectivity index (χ3v) is 1.25. The SMILES string of the molecule is C=C.N#Cc1ccc(N=C(N)N)cc1. The molecule has 0 aliphatic carbocycles. The maximum atomic E-state index is 8.48. The molecule has 14 heavy (non-hydrogen) atoms. The quantitative estimate of drug-likeness (QED) is 0.395. The fourth-order valence-corrected chi connectivity index (χ4v) is 0.760. The molecule has 4 N–H and O–H groups in total. The molecule has 0 bridgehead atoms. The van der Waals surface area contributed by atoms with E-state index in [1.807, 2.05) is 6.07 Å². The van der Waals surface area contributed by atoms with Gasteiger partial charge in [-0.2, -0.15) is 5.26 Å². The fourth-order valence-electron chi connectivity index (χ4n) is 0.760. The molecule has 0 aliphatic heterocycles. The molecule has 0 unspecified atom stereocenters. The lowest BCUT2D eigenvalue weighted by Crippen LogP contribution is -2.21. The Kier molecular flexibility index (Phi) is 5.24. The second-order valence-electron chi connectivity index (χ2n) is 2.20. The fraction of sp³-hybridized carbons (Fsp3) is 0. The predicted molar refractivity (Wildman–Crippen MR) is 57.9 cm³/mol. The Morgan fingerprint density at radius 3 is 2.07 bits per heavy atom. The number of nitrogens with zero attached hydrogens (tertiary/aromatic N) is 2. The van der Waals surface area contributed by atoms with Gasteiger partial charge in [0.1, 0.15) is 0 Å². The second kappa shape index (κ2) is 6.26. The summed E-state index contributed by atoms with van der Waals surface area (Å²) in [5.74, 6) is 0.0136. The molecule has 1 rings (SSSR count). The van der Waals surface area contributed by atoms with Gasteiger partial charge in [0.2, 0.25) is 0 Å². The first-order chi connectivity index (χ1) is 6.72. The number of aliphatic imine (C=N–C) groups is 1. The maximum absolute atomic E-state index is 8.48. The number of hydrogen-bond acceptors (Lipinski definition) is 2. The number of nitriles is 1. The van der Waals surface area contributed by atoms with Crippen LogP contribution in [0.1, 0.15) is 5.56 Å². The minimum Gasteiger partial charge on any atom is -0.370 e. The van der Waals surface area contributed by atoms with Gasteiger partial charge in [0.15, 0.2) is 5.96 Å². The molecule has 1 aromatic rings. The largest absolute Gasteiger partial charge is 0.370 e. The minimum atomic E-state index is 0.0136. The van der Waals surface area contributed by atoms with Crippen molar-refractivity contribution < 1.29 is 0 Å². The van der Waals surface area contributed by atoms with Crippen LogP contribution in [-0.4, -0.2) is 5.96 Å². The predicted octanol–water partition coefficient (Wildman–Crippen LogP) is 1.27. The zero-order chi connectivity index (χ0) is 11.0. The molecule has 0 spiro atoms. The minimum absolute atomic E-state index is 0.0136. The van der Waals surface area contributed by atoms with Gasteiger partial charge in [-0.15, -0.1) is 13.2 Å². The Bertz CT molecular complexity index is 341. The van der Waals surface area contributed by atoms with E-state index in [0.717, 1.165) is 0 Å². The highest BCUT2D eigenvalue weighted by Gasteiger charge is 1.90. The van der Waals surface area contributed by atoms with E-state index in [1.165, 1.54) is 0 Å². The van der Waals surface area contributed by atoms with Crippen molar-refractivity contribution in [1.29, 1.82) is 5.26 Å². The summed E-state index contributed by atoms with van der Waals surface area (Å²) < 4.78 is 0. The molecular weight excluding hydrogens is 176 g/mol. The van der Waals surface area contributed by atoms with Crippen molar-refractivity contribution in [3.8, 4) is 6.07 Å². The zero-order valence-corrected chi connectivity index (χ0v) is 7.77. The van der Waals surface area contributed by atoms with E-state index in [2.05, 4.69) is 18.2 Å². The Morgan fingerprint density at radius 1 is 1.21 bits per heavy atom. The number of guanidine groups is 1. The normalized spacial score (nSPS) is 7.64. The third kappa shape index (κ3) is 3.93. The van der Waals surface area contributed by atoms with E-state index in [4.69, 9.17) is 16.7 Å². The molecule has 0 saturated carbocycles. The Balaban J connectivity index is 0.000000791. The monoisotopic (exact) mass is 188 g/mol. The Hall–Kier alpha value is -2.28. The van der Waals surface area contributed by atoms with Gasteiger partial charge in [-0.25, -0.2) is 4.99 Å². The van der Waals surface area contributed by atoms with Crippen LogP contribution in [0.25, 0.3) is 0 Å². The van der Waals surface area contributed by atoms with Crippen molar-refractivity contribution >= 4 is 11.6 Å². The van der Waals surface area contributed by atoms with E-state index in [9.17, 15) is 0 Å².